The Labute approximate surface area is 120 Å². The van der Waals surface area contributed by atoms with Gasteiger partial charge in [-0.3, -0.25) is 0 Å². The molecule has 0 atom stereocenters. The lowest BCUT2D eigenvalue weighted by molar-refractivity contribution is 0.218. The number of hydrogen-bond acceptors (Lipinski definition) is 3. The Morgan fingerprint density at radius 1 is 1.15 bits per heavy atom. The number of likely N-dealkylation sites (tertiary alicyclic amines) is 1. The predicted molar refractivity (Wildman–Crippen MR) is 81.9 cm³/mol. The van der Waals surface area contributed by atoms with Gasteiger partial charge < -0.3 is 4.90 Å². The quantitative estimate of drug-likeness (QED) is 0.858. The van der Waals surface area contributed by atoms with Crippen LogP contribution < -0.4 is 0 Å². The third-order valence-corrected chi connectivity index (χ3v) is 4.16. The van der Waals surface area contributed by atoms with Gasteiger partial charge in [-0.2, -0.15) is 5.10 Å². The van der Waals surface area contributed by atoms with Crippen LogP contribution in [0.25, 0.3) is 11.0 Å². The predicted octanol–water partition coefficient (Wildman–Crippen LogP) is 3.04. The van der Waals surface area contributed by atoms with Crippen LogP contribution in [0.2, 0.25) is 0 Å². The van der Waals surface area contributed by atoms with Crippen molar-refractivity contribution in [3.05, 3.63) is 24.0 Å². The maximum Gasteiger partial charge on any atom is 0.158 e. The largest absolute Gasteiger partial charge is 0.301 e. The molecule has 0 aliphatic carbocycles. The van der Waals surface area contributed by atoms with E-state index >= 15 is 0 Å². The fourth-order valence-electron chi connectivity index (χ4n) is 3.04. The lowest BCUT2D eigenvalue weighted by Crippen LogP contribution is -2.32. The molecule has 0 spiro atoms. The Morgan fingerprint density at radius 3 is 2.70 bits per heavy atom. The van der Waals surface area contributed by atoms with E-state index < -0.39 is 0 Å². The van der Waals surface area contributed by atoms with Crippen molar-refractivity contribution in [2.24, 2.45) is 0 Å². The number of piperidine rings is 1. The molecule has 0 radical (unpaired) electrons. The van der Waals surface area contributed by atoms with Crippen LogP contribution in [0.15, 0.2) is 18.3 Å². The lowest BCUT2D eigenvalue weighted by Gasteiger charge is -2.26. The van der Waals surface area contributed by atoms with Gasteiger partial charge in [0.1, 0.15) is 0 Å². The summed E-state index contributed by atoms with van der Waals surface area (Å²) in [6.45, 7) is 8.91. The number of rotatable bonds is 4. The molecule has 0 unspecified atom stereocenters. The molecule has 3 heterocycles. The number of pyridine rings is 1. The van der Waals surface area contributed by atoms with Crippen LogP contribution in [0.1, 0.15) is 44.7 Å². The number of aromatic nitrogens is 3. The zero-order valence-electron chi connectivity index (χ0n) is 12.5. The van der Waals surface area contributed by atoms with E-state index in [1.54, 1.807) is 0 Å². The SMILES string of the molecule is CC(C)c1nn(CCN2CCCCC2)c2ncccc12. The van der Waals surface area contributed by atoms with Crippen LogP contribution in [-0.2, 0) is 6.54 Å². The number of hydrogen-bond donors (Lipinski definition) is 0. The molecule has 1 aliphatic heterocycles. The van der Waals surface area contributed by atoms with Crippen molar-refractivity contribution in [2.45, 2.75) is 45.6 Å². The topological polar surface area (TPSA) is 34.0 Å². The summed E-state index contributed by atoms with van der Waals surface area (Å²) in [6.07, 6.45) is 5.94. The molecule has 0 amide bonds. The van der Waals surface area contributed by atoms with Crippen molar-refractivity contribution in [3.8, 4) is 0 Å². The van der Waals surface area contributed by atoms with Crippen LogP contribution in [-0.4, -0.2) is 39.3 Å². The smallest absolute Gasteiger partial charge is 0.158 e. The normalized spacial score (nSPS) is 17.1. The second-order valence-corrected chi connectivity index (χ2v) is 6.04. The van der Waals surface area contributed by atoms with Crippen molar-refractivity contribution >= 4 is 11.0 Å². The van der Waals surface area contributed by atoms with Gasteiger partial charge in [0.15, 0.2) is 5.65 Å². The molecular formula is C16H24N4. The Morgan fingerprint density at radius 2 is 1.95 bits per heavy atom. The maximum absolute atomic E-state index is 4.80. The van der Waals surface area contributed by atoms with Crippen molar-refractivity contribution in [3.63, 3.8) is 0 Å². The van der Waals surface area contributed by atoms with E-state index in [0.717, 1.165) is 18.7 Å². The Bertz CT molecular complexity index is 567. The minimum Gasteiger partial charge on any atom is -0.301 e. The molecule has 1 aliphatic rings. The van der Waals surface area contributed by atoms with Crippen LogP contribution >= 0.6 is 0 Å². The Kier molecular flexibility index (Phi) is 4.01. The molecule has 0 N–H and O–H groups in total. The fourth-order valence-corrected chi connectivity index (χ4v) is 3.04. The third-order valence-electron chi connectivity index (χ3n) is 4.16. The van der Waals surface area contributed by atoms with Crippen LogP contribution in [0.3, 0.4) is 0 Å². The highest BCUT2D eigenvalue weighted by Gasteiger charge is 2.15. The molecule has 1 saturated heterocycles. The molecule has 108 valence electrons. The zero-order valence-corrected chi connectivity index (χ0v) is 12.5. The second kappa shape index (κ2) is 5.92. The monoisotopic (exact) mass is 272 g/mol. The number of fused-ring (bicyclic) bond motifs is 1. The molecule has 4 heteroatoms. The molecule has 0 saturated carbocycles. The summed E-state index contributed by atoms with van der Waals surface area (Å²) in [5.74, 6) is 0.443. The molecule has 0 bridgehead atoms. The summed E-state index contributed by atoms with van der Waals surface area (Å²) >= 11 is 0. The van der Waals surface area contributed by atoms with Crippen molar-refractivity contribution in [2.75, 3.05) is 19.6 Å². The highest BCUT2D eigenvalue weighted by molar-refractivity contribution is 5.78. The standard InChI is InChI=1S/C16H24N4/c1-13(2)15-14-7-6-8-17-16(14)20(18-15)12-11-19-9-4-3-5-10-19/h6-8,13H,3-5,9-12H2,1-2H3. The third kappa shape index (κ3) is 2.70. The number of nitrogens with zero attached hydrogens (tertiary/aromatic N) is 4. The fraction of sp³-hybridized carbons (Fsp3) is 0.625. The average Bonchev–Trinajstić information content (AvgIpc) is 2.85. The van der Waals surface area contributed by atoms with E-state index in [1.807, 2.05) is 12.3 Å². The van der Waals surface area contributed by atoms with Gasteiger partial charge in [0.25, 0.3) is 0 Å². The first-order valence-corrected chi connectivity index (χ1v) is 7.79. The van der Waals surface area contributed by atoms with Crippen LogP contribution in [0.4, 0.5) is 0 Å². The van der Waals surface area contributed by atoms with Gasteiger partial charge in [0.05, 0.1) is 12.2 Å². The molecule has 1 fully saturated rings. The van der Waals surface area contributed by atoms with Gasteiger partial charge in [0.2, 0.25) is 0 Å². The minimum absolute atomic E-state index is 0.443. The van der Waals surface area contributed by atoms with Gasteiger partial charge in [-0.25, -0.2) is 9.67 Å². The summed E-state index contributed by atoms with van der Waals surface area (Å²) in [7, 11) is 0. The highest BCUT2D eigenvalue weighted by atomic mass is 15.3. The van der Waals surface area contributed by atoms with E-state index in [-0.39, 0.29) is 0 Å². The molecule has 3 rings (SSSR count). The van der Waals surface area contributed by atoms with Gasteiger partial charge >= 0.3 is 0 Å². The van der Waals surface area contributed by atoms with Crippen molar-refractivity contribution in [1.29, 1.82) is 0 Å². The average molecular weight is 272 g/mol. The first-order valence-electron chi connectivity index (χ1n) is 7.79. The Balaban J connectivity index is 1.80. The van der Waals surface area contributed by atoms with Gasteiger partial charge in [-0.15, -0.1) is 0 Å². The summed E-state index contributed by atoms with van der Waals surface area (Å²) in [6, 6.07) is 4.15. The van der Waals surface area contributed by atoms with Crippen LogP contribution in [0.5, 0.6) is 0 Å². The van der Waals surface area contributed by atoms with Crippen LogP contribution in [0, 0.1) is 0 Å². The first kappa shape index (κ1) is 13.6. The molecular weight excluding hydrogens is 248 g/mol. The minimum atomic E-state index is 0.443. The first-order chi connectivity index (χ1) is 9.75. The van der Waals surface area contributed by atoms with Gasteiger partial charge in [-0.05, 0) is 44.0 Å². The summed E-state index contributed by atoms with van der Waals surface area (Å²) < 4.78 is 2.10. The van der Waals surface area contributed by atoms with Gasteiger partial charge in [-0.1, -0.05) is 20.3 Å². The molecule has 2 aromatic heterocycles. The van der Waals surface area contributed by atoms with Crippen molar-refractivity contribution < 1.29 is 0 Å². The molecule has 0 aromatic carbocycles. The van der Waals surface area contributed by atoms with E-state index in [0.29, 0.717) is 5.92 Å². The van der Waals surface area contributed by atoms with E-state index in [4.69, 9.17) is 5.10 Å². The van der Waals surface area contributed by atoms with Crippen molar-refractivity contribution in [1.82, 2.24) is 19.7 Å². The zero-order chi connectivity index (χ0) is 13.9. The van der Waals surface area contributed by atoms with E-state index in [1.165, 1.54) is 43.4 Å². The van der Waals surface area contributed by atoms with E-state index in [2.05, 4.69) is 34.5 Å². The summed E-state index contributed by atoms with van der Waals surface area (Å²) in [5, 5.41) is 6.01. The maximum atomic E-state index is 4.80. The van der Waals surface area contributed by atoms with Gasteiger partial charge in [0, 0.05) is 18.1 Å². The molecule has 2 aromatic rings. The molecule has 20 heavy (non-hydrogen) atoms. The summed E-state index contributed by atoms with van der Waals surface area (Å²) in [5.41, 5.74) is 2.21. The molecule has 4 nitrogen and oxygen atoms in total. The summed E-state index contributed by atoms with van der Waals surface area (Å²) in [4.78, 5) is 7.08. The Hall–Kier alpha value is -1.42. The van der Waals surface area contributed by atoms with E-state index in [9.17, 15) is 0 Å². The highest BCUT2D eigenvalue weighted by Crippen LogP contribution is 2.23. The lowest BCUT2D eigenvalue weighted by atomic mass is 10.1. The second-order valence-electron chi connectivity index (χ2n) is 6.04.